The van der Waals surface area contributed by atoms with Gasteiger partial charge in [0.1, 0.15) is 0 Å². The van der Waals surface area contributed by atoms with Crippen LogP contribution in [0.25, 0.3) is 0 Å². The number of carbonyl (C=O) groups is 1. The molecule has 0 aromatic carbocycles. The monoisotopic (exact) mass is 458 g/mol. The zero-order valence-corrected chi connectivity index (χ0v) is 20.1. The zero-order chi connectivity index (χ0) is 23.1. The minimum Gasteiger partial charge on any atom is -0.396 e. The van der Waals surface area contributed by atoms with Crippen LogP contribution >= 0.6 is 11.3 Å². The molecule has 0 aliphatic heterocycles. The lowest BCUT2D eigenvalue weighted by molar-refractivity contribution is -0.144. The molecule has 7 nitrogen and oxygen atoms in total. The Hall–Kier alpha value is -2.03. The highest BCUT2D eigenvalue weighted by atomic mass is 32.1. The summed E-state index contributed by atoms with van der Waals surface area (Å²) in [5.74, 6) is -0.00159. The third kappa shape index (κ3) is 4.04. The number of nitrogens with one attached hydrogen (secondary N) is 2. The predicted molar refractivity (Wildman–Crippen MR) is 126 cm³/mol. The van der Waals surface area contributed by atoms with Gasteiger partial charge >= 0.3 is 0 Å². The van der Waals surface area contributed by atoms with E-state index in [4.69, 9.17) is 4.98 Å². The number of fused-ring (bicyclic) bond motifs is 2. The van der Waals surface area contributed by atoms with Crippen molar-refractivity contribution < 1.29 is 15.0 Å². The van der Waals surface area contributed by atoms with Crippen LogP contribution in [-0.2, 0) is 11.2 Å². The van der Waals surface area contributed by atoms with Crippen molar-refractivity contribution in [1.29, 1.82) is 0 Å². The van der Waals surface area contributed by atoms with Crippen LogP contribution in [0.4, 0.5) is 10.8 Å². The van der Waals surface area contributed by atoms with Crippen molar-refractivity contribution in [2.45, 2.75) is 71.4 Å². The zero-order valence-electron chi connectivity index (χ0n) is 19.3. The molecule has 0 radical (unpaired) electrons. The first-order chi connectivity index (χ1) is 15.2. The first-order valence-electron chi connectivity index (χ1n) is 11.4. The molecule has 4 rings (SSSR count). The molecule has 1 amide bonds. The maximum absolute atomic E-state index is 12.9. The van der Waals surface area contributed by atoms with Gasteiger partial charge in [-0.3, -0.25) is 9.78 Å². The number of rotatable bonds is 6. The van der Waals surface area contributed by atoms with Crippen LogP contribution < -0.4 is 10.6 Å². The van der Waals surface area contributed by atoms with Gasteiger partial charge < -0.3 is 20.8 Å². The Kier molecular flexibility index (Phi) is 6.31. The van der Waals surface area contributed by atoms with Gasteiger partial charge in [0.15, 0.2) is 5.13 Å². The summed E-state index contributed by atoms with van der Waals surface area (Å²) in [4.78, 5) is 23.1. The maximum atomic E-state index is 12.9. The Bertz CT molecular complexity index is 965. The Morgan fingerprint density at radius 1 is 1.38 bits per heavy atom. The minimum absolute atomic E-state index is 0.0180. The number of hydrogen-bond acceptors (Lipinski definition) is 7. The van der Waals surface area contributed by atoms with Crippen LogP contribution in [0, 0.1) is 16.7 Å². The van der Waals surface area contributed by atoms with Crippen LogP contribution in [0.2, 0.25) is 0 Å². The molecule has 5 atom stereocenters. The van der Waals surface area contributed by atoms with Crippen molar-refractivity contribution in [1.82, 2.24) is 15.3 Å². The van der Waals surface area contributed by atoms with Crippen molar-refractivity contribution in [3.8, 4) is 0 Å². The summed E-state index contributed by atoms with van der Waals surface area (Å²) in [6, 6.07) is 3.89. The van der Waals surface area contributed by atoms with E-state index in [1.807, 2.05) is 32.9 Å². The smallest absolute Gasteiger partial charge is 0.220 e. The topological polar surface area (TPSA) is 107 Å². The number of amides is 1. The summed E-state index contributed by atoms with van der Waals surface area (Å²) in [6.45, 7) is 8.07. The molecule has 0 bridgehead atoms. The van der Waals surface area contributed by atoms with Crippen LogP contribution in [0.15, 0.2) is 24.5 Å². The third-order valence-corrected chi connectivity index (χ3v) is 8.65. The molecule has 0 saturated heterocycles. The van der Waals surface area contributed by atoms with E-state index in [2.05, 4.69) is 22.5 Å². The Labute approximate surface area is 193 Å². The lowest BCUT2D eigenvalue weighted by Gasteiger charge is -2.58. The van der Waals surface area contributed by atoms with Crippen molar-refractivity contribution >= 4 is 28.1 Å². The Morgan fingerprint density at radius 2 is 2.16 bits per heavy atom. The molecule has 2 heterocycles. The molecule has 2 aromatic rings. The van der Waals surface area contributed by atoms with Gasteiger partial charge in [-0.2, -0.15) is 0 Å². The summed E-state index contributed by atoms with van der Waals surface area (Å²) in [5.41, 5.74) is 0.999. The van der Waals surface area contributed by atoms with E-state index in [0.717, 1.165) is 34.2 Å². The van der Waals surface area contributed by atoms with Crippen LogP contribution in [0.3, 0.4) is 0 Å². The Morgan fingerprint density at radius 3 is 2.81 bits per heavy atom. The van der Waals surface area contributed by atoms with Crippen LogP contribution in [0.5, 0.6) is 0 Å². The quantitative estimate of drug-likeness (QED) is 0.527. The molecule has 32 heavy (non-hydrogen) atoms. The molecule has 1 saturated carbocycles. The molecule has 2 aliphatic rings. The van der Waals surface area contributed by atoms with Gasteiger partial charge in [0, 0.05) is 34.9 Å². The van der Waals surface area contributed by atoms with Gasteiger partial charge in [0.25, 0.3) is 0 Å². The summed E-state index contributed by atoms with van der Waals surface area (Å²) in [5, 5.41) is 28.4. The molecule has 4 N–H and O–H groups in total. The number of pyridine rings is 1. The average Bonchev–Trinajstić information content (AvgIpc) is 3.15. The molecular weight excluding hydrogens is 424 g/mol. The molecule has 8 heteroatoms. The summed E-state index contributed by atoms with van der Waals surface area (Å²) < 4.78 is 0. The van der Waals surface area contributed by atoms with E-state index in [1.165, 1.54) is 0 Å². The summed E-state index contributed by atoms with van der Waals surface area (Å²) >= 11 is 1.60. The minimum atomic E-state index is -0.613. The van der Waals surface area contributed by atoms with Gasteiger partial charge in [-0.1, -0.05) is 13.8 Å². The molecule has 0 spiro atoms. The van der Waals surface area contributed by atoms with Gasteiger partial charge in [-0.05, 0) is 56.6 Å². The lowest BCUT2D eigenvalue weighted by atomic mass is 9.47. The fourth-order valence-electron chi connectivity index (χ4n) is 5.83. The highest BCUT2D eigenvalue weighted by Crippen LogP contribution is 2.62. The first kappa shape index (κ1) is 23.1. The second-order valence-corrected chi connectivity index (χ2v) is 11.2. The molecule has 2 aromatic heterocycles. The second kappa shape index (κ2) is 8.72. The number of aliphatic hydroxyl groups excluding tert-OH is 2. The number of aliphatic hydroxyl groups is 2. The molecule has 174 valence electrons. The van der Waals surface area contributed by atoms with E-state index < -0.39 is 11.5 Å². The Balaban J connectivity index is 1.74. The third-order valence-electron chi connectivity index (χ3n) is 7.65. The predicted octanol–water partition coefficient (Wildman–Crippen LogP) is 3.61. The number of aromatic nitrogens is 2. The van der Waals surface area contributed by atoms with Crippen LogP contribution in [0.1, 0.15) is 63.4 Å². The molecule has 2 aliphatic carbocycles. The lowest BCUT2D eigenvalue weighted by Crippen LogP contribution is -2.57. The molecular formula is C24H34N4O3S. The average molecular weight is 459 g/mol. The summed E-state index contributed by atoms with van der Waals surface area (Å²) in [6.07, 6.45) is 5.45. The number of thiazole rings is 1. The van der Waals surface area contributed by atoms with Gasteiger partial charge in [-0.15, -0.1) is 11.3 Å². The fourth-order valence-corrected chi connectivity index (χ4v) is 6.91. The van der Waals surface area contributed by atoms with Gasteiger partial charge in [0.2, 0.25) is 5.91 Å². The van der Waals surface area contributed by atoms with Crippen molar-refractivity contribution in [2.75, 3.05) is 11.9 Å². The number of carbonyl (C=O) groups excluding carboxylic acids is 1. The summed E-state index contributed by atoms with van der Waals surface area (Å²) in [7, 11) is 0. The van der Waals surface area contributed by atoms with E-state index in [-0.39, 0.29) is 35.8 Å². The largest absolute Gasteiger partial charge is 0.396 e. The SMILES string of the molecule is CC(C)NC(=O)C[C@H]1c2nc(Nc3cccnc3)sc2C[C@H]2[C@](C)(CO)[C@H](O)CC[C@]21C. The standard InChI is InChI=1S/C24H34N4O3S/c1-14(2)26-20(31)10-16-21-17(32-22(28-21)27-15-6-5-9-25-12-15)11-18-23(16,3)8-7-19(30)24(18,4)13-29/h5-6,9,12,14,16,18-19,29-30H,7-8,10-11,13H2,1-4H3,(H,26,31)(H,27,28)/t16-,18+,19+,23-,24-/m0/s1. The van der Waals surface area contributed by atoms with E-state index in [0.29, 0.717) is 12.8 Å². The number of nitrogens with zero attached hydrogens (tertiary/aromatic N) is 2. The van der Waals surface area contributed by atoms with Gasteiger partial charge in [-0.25, -0.2) is 4.98 Å². The highest BCUT2D eigenvalue weighted by Gasteiger charge is 2.59. The van der Waals surface area contributed by atoms with Crippen molar-refractivity contribution in [3.63, 3.8) is 0 Å². The highest BCUT2D eigenvalue weighted by molar-refractivity contribution is 7.15. The maximum Gasteiger partial charge on any atom is 0.220 e. The van der Waals surface area contributed by atoms with E-state index >= 15 is 0 Å². The molecule has 1 fully saturated rings. The second-order valence-electron chi connectivity index (χ2n) is 10.2. The van der Waals surface area contributed by atoms with Crippen molar-refractivity contribution in [3.05, 3.63) is 35.1 Å². The van der Waals surface area contributed by atoms with E-state index in [9.17, 15) is 15.0 Å². The van der Waals surface area contributed by atoms with Crippen LogP contribution in [-0.4, -0.2) is 44.8 Å². The molecule has 0 unspecified atom stereocenters. The van der Waals surface area contributed by atoms with Gasteiger partial charge in [0.05, 0.1) is 30.3 Å². The van der Waals surface area contributed by atoms with Crippen molar-refractivity contribution in [2.24, 2.45) is 16.7 Å². The normalized spacial score (nSPS) is 31.7. The van der Waals surface area contributed by atoms with E-state index in [1.54, 1.807) is 23.7 Å². The number of hydrogen-bond donors (Lipinski definition) is 4. The first-order valence-corrected chi connectivity index (χ1v) is 12.2. The fraction of sp³-hybridized carbons (Fsp3) is 0.625. The number of anilines is 2.